The lowest BCUT2D eigenvalue weighted by molar-refractivity contribution is 0.155. The quantitative estimate of drug-likeness (QED) is 0.835. The van der Waals surface area contributed by atoms with E-state index in [1.807, 2.05) is 17.5 Å². The zero-order valence-corrected chi connectivity index (χ0v) is 12.3. The van der Waals surface area contributed by atoms with Crippen molar-refractivity contribution in [2.75, 3.05) is 46.3 Å². The lowest BCUT2D eigenvalue weighted by Crippen LogP contribution is -2.45. The number of likely N-dealkylation sites (N-methyl/N-ethyl adjacent to an activating group) is 1. The second kappa shape index (κ2) is 7.19. The van der Waals surface area contributed by atoms with Gasteiger partial charge in [0.05, 0.1) is 5.01 Å². The van der Waals surface area contributed by atoms with Crippen molar-refractivity contribution < 1.29 is 0 Å². The summed E-state index contributed by atoms with van der Waals surface area (Å²) in [4.78, 5) is 10.8. The highest BCUT2D eigenvalue weighted by Gasteiger charge is 2.13. The van der Waals surface area contributed by atoms with E-state index in [1.165, 1.54) is 36.1 Å². The van der Waals surface area contributed by atoms with Crippen LogP contribution in [0.25, 0.3) is 0 Å². The van der Waals surface area contributed by atoms with Gasteiger partial charge in [-0.3, -0.25) is 0 Å². The first-order valence-corrected chi connectivity index (χ1v) is 7.64. The first-order chi connectivity index (χ1) is 8.78. The third-order valence-electron chi connectivity index (χ3n) is 3.39. The summed E-state index contributed by atoms with van der Waals surface area (Å²) in [5, 5.41) is 4.62. The Labute approximate surface area is 114 Å². The van der Waals surface area contributed by atoms with E-state index < -0.39 is 0 Å². The molecule has 5 heteroatoms. The molecule has 1 saturated heterocycles. The molecule has 0 spiro atoms. The maximum absolute atomic E-state index is 4.51. The van der Waals surface area contributed by atoms with Gasteiger partial charge in [-0.1, -0.05) is 6.92 Å². The molecule has 0 amide bonds. The lowest BCUT2D eigenvalue weighted by atomic mass is 10.3. The van der Waals surface area contributed by atoms with Gasteiger partial charge in [-0.25, -0.2) is 4.98 Å². The second-order valence-corrected chi connectivity index (χ2v) is 6.10. The van der Waals surface area contributed by atoms with Crippen molar-refractivity contribution in [1.29, 1.82) is 0 Å². The molecule has 1 aromatic heterocycles. The zero-order chi connectivity index (χ0) is 12.8. The molecular formula is C13H24N4S. The summed E-state index contributed by atoms with van der Waals surface area (Å²) in [7, 11) is 2.20. The Morgan fingerprint density at radius 3 is 2.83 bits per heavy atom. The predicted octanol–water partition coefficient (Wildman–Crippen LogP) is 1.04. The summed E-state index contributed by atoms with van der Waals surface area (Å²) < 4.78 is 0. The van der Waals surface area contributed by atoms with Gasteiger partial charge in [0.15, 0.2) is 0 Å². The normalized spacial score (nSPS) is 18.3. The third kappa shape index (κ3) is 4.31. The molecule has 2 rings (SSSR count). The van der Waals surface area contributed by atoms with E-state index in [1.54, 1.807) is 0 Å². The molecule has 0 aliphatic carbocycles. The average Bonchev–Trinajstić information content (AvgIpc) is 2.84. The van der Waals surface area contributed by atoms with Gasteiger partial charge in [-0.2, -0.15) is 0 Å². The number of thiazole rings is 1. The maximum atomic E-state index is 4.51. The van der Waals surface area contributed by atoms with Gasteiger partial charge in [-0.05, 0) is 13.6 Å². The van der Waals surface area contributed by atoms with Crippen molar-refractivity contribution in [3.8, 4) is 0 Å². The number of hydrogen-bond acceptors (Lipinski definition) is 5. The van der Waals surface area contributed by atoms with Crippen LogP contribution < -0.4 is 5.32 Å². The monoisotopic (exact) mass is 268 g/mol. The van der Waals surface area contributed by atoms with Crippen LogP contribution in [0.15, 0.2) is 6.20 Å². The molecule has 2 heterocycles. The molecule has 0 saturated carbocycles. The number of nitrogens with zero attached hydrogens (tertiary/aromatic N) is 3. The summed E-state index contributed by atoms with van der Waals surface area (Å²) in [5.74, 6) is 0. The topological polar surface area (TPSA) is 31.4 Å². The van der Waals surface area contributed by atoms with Gasteiger partial charge < -0.3 is 15.1 Å². The predicted molar refractivity (Wildman–Crippen MR) is 77.1 cm³/mol. The smallest absolute Gasteiger partial charge is 0.0940 e. The molecule has 0 radical (unpaired) electrons. The van der Waals surface area contributed by atoms with E-state index in [4.69, 9.17) is 0 Å². The average molecular weight is 268 g/mol. The van der Waals surface area contributed by atoms with Gasteiger partial charge in [0.1, 0.15) is 0 Å². The molecule has 1 aliphatic heterocycles. The SMILES string of the molecule is CCNCc1cnc(CCN2CCN(C)CC2)s1. The van der Waals surface area contributed by atoms with Crippen LogP contribution in [0.2, 0.25) is 0 Å². The zero-order valence-electron chi connectivity index (χ0n) is 11.5. The van der Waals surface area contributed by atoms with Crippen molar-refractivity contribution >= 4 is 11.3 Å². The molecule has 0 bridgehead atoms. The molecule has 0 aromatic carbocycles. The van der Waals surface area contributed by atoms with Crippen LogP contribution in [0.1, 0.15) is 16.8 Å². The number of rotatable bonds is 6. The molecule has 1 fully saturated rings. The van der Waals surface area contributed by atoms with Gasteiger partial charge >= 0.3 is 0 Å². The van der Waals surface area contributed by atoms with Gasteiger partial charge in [0, 0.05) is 56.8 Å². The number of hydrogen-bond donors (Lipinski definition) is 1. The molecular weight excluding hydrogens is 244 g/mol. The highest BCUT2D eigenvalue weighted by molar-refractivity contribution is 7.11. The fraction of sp³-hybridized carbons (Fsp3) is 0.769. The van der Waals surface area contributed by atoms with Crippen molar-refractivity contribution in [2.24, 2.45) is 0 Å². The molecule has 0 atom stereocenters. The minimum atomic E-state index is 0.961. The van der Waals surface area contributed by atoms with Gasteiger partial charge in [-0.15, -0.1) is 11.3 Å². The Kier molecular flexibility index (Phi) is 5.56. The Balaban J connectivity index is 1.71. The highest BCUT2D eigenvalue weighted by Crippen LogP contribution is 2.14. The molecule has 1 aromatic rings. The van der Waals surface area contributed by atoms with Crippen LogP contribution in [-0.4, -0.2) is 61.1 Å². The van der Waals surface area contributed by atoms with E-state index in [9.17, 15) is 0 Å². The van der Waals surface area contributed by atoms with Crippen LogP contribution in [0.3, 0.4) is 0 Å². The van der Waals surface area contributed by atoms with E-state index in [-0.39, 0.29) is 0 Å². The van der Waals surface area contributed by atoms with Crippen molar-refractivity contribution in [3.05, 3.63) is 16.1 Å². The molecule has 102 valence electrons. The standard InChI is InChI=1S/C13H24N4S/c1-3-14-10-12-11-15-13(18-12)4-5-17-8-6-16(2)7-9-17/h11,14H,3-10H2,1-2H3. The summed E-state index contributed by atoms with van der Waals surface area (Å²) >= 11 is 1.85. The van der Waals surface area contributed by atoms with Crippen molar-refractivity contribution in [1.82, 2.24) is 20.1 Å². The van der Waals surface area contributed by atoms with Crippen molar-refractivity contribution in [3.63, 3.8) is 0 Å². The van der Waals surface area contributed by atoms with Crippen LogP contribution >= 0.6 is 11.3 Å². The fourth-order valence-electron chi connectivity index (χ4n) is 2.12. The van der Waals surface area contributed by atoms with E-state index in [2.05, 4.69) is 34.1 Å². The largest absolute Gasteiger partial charge is 0.312 e. The molecule has 4 nitrogen and oxygen atoms in total. The highest BCUT2D eigenvalue weighted by atomic mass is 32.1. The summed E-state index contributed by atoms with van der Waals surface area (Å²) in [6, 6.07) is 0. The fourth-order valence-corrected chi connectivity index (χ4v) is 3.00. The summed E-state index contributed by atoms with van der Waals surface area (Å²) in [6.45, 7) is 10.1. The molecule has 1 N–H and O–H groups in total. The maximum Gasteiger partial charge on any atom is 0.0940 e. The minimum Gasteiger partial charge on any atom is -0.312 e. The van der Waals surface area contributed by atoms with Gasteiger partial charge in [0.2, 0.25) is 0 Å². The van der Waals surface area contributed by atoms with Crippen LogP contribution in [0.5, 0.6) is 0 Å². The van der Waals surface area contributed by atoms with Crippen molar-refractivity contribution in [2.45, 2.75) is 19.9 Å². The van der Waals surface area contributed by atoms with E-state index in [0.29, 0.717) is 0 Å². The third-order valence-corrected chi connectivity index (χ3v) is 4.45. The number of nitrogens with one attached hydrogen (secondary N) is 1. The first-order valence-electron chi connectivity index (χ1n) is 6.83. The van der Waals surface area contributed by atoms with Gasteiger partial charge in [0.25, 0.3) is 0 Å². The Hall–Kier alpha value is -0.490. The molecule has 1 aliphatic rings. The first kappa shape index (κ1) is 13.9. The van der Waals surface area contributed by atoms with E-state index in [0.717, 1.165) is 26.1 Å². The van der Waals surface area contributed by atoms with Crippen LogP contribution in [0, 0.1) is 0 Å². The van der Waals surface area contributed by atoms with E-state index >= 15 is 0 Å². The van der Waals surface area contributed by atoms with Crippen LogP contribution in [-0.2, 0) is 13.0 Å². The Morgan fingerprint density at radius 1 is 1.33 bits per heavy atom. The number of piperazine rings is 1. The Bertz CT molecular complexity index is 345. The lowest BCUT2D eigenvalue weighted by Gasteiger charge is -2.32. The Morgan fingerprint density at radius 2 is 2.11 bits per heavy atom. The molecule has 18 heavy (non-hydrogen) atoms. The number of aromatic nitrogens is 1. The summed E-state index contributed by atoms with van der Waals surface area (Å²) in [6.07, 6.45) is 3.12. The summed E-state index contributed by atoms with van der Waals surface area (Å²) in [5.41, 5.74) is 0. The molecule has 0 unspecified atom stereocenters. The minimum absolute atomic E-state index is 0.961. The second-order valence-electron chi connectivity index (χ2n) is 4.90. The van der Waals surface area contributed by atoms with Crippen LogP contribution in [0.4, 0.5) is 0 Å².